The van der Waals surface area contributed by atoms with E-state index < -0.39 is 12.1 Å². The molecule has 0 radical (unpaired) electrons. The van der Waals surface area contributed by atoms with Crippen LogP contribution in [0.25, 0.3) is 0 Å². The monoisotopic (exact) mass is 314 g/mol. The van der Waals surface area contributed by atoms with Crippen LogP contribution >= 0.6 is 15.9 Å². The van der Waals surface area contributed by atoms with Gasteiger partial charge in [-0.1, -0.05) is 22.5 Å². The summed E-state index contributed by atoms with van der Waals surface area (Å²) in [5.41, 5.74) is 0.423. The number of fused-ring (bicyclic) bond motifs is 1. The summed E-state index contributed by atoms with van der Waals surface area (Å²) in [4.78, 5) is 11.3. The molecule has 1 N–H and O–H groups in total. The summed E-state index contributed by atoms with van der Waals surface area (Å²) in [7, 11) is 1.23. The van der Waals surface area contributed by atoms with Crippen molar-refractivity contribution >= 4 is 21.9 Å². The number of aliphatic hydroxyl groups is 1. The highest BCUT2D eigenvalue weighted by molar-refractivity contribution is 9.10. The van der Waals surface area contributed by atoms with Crippen molar-refractivity contribution in [1.29, 1.82) is 0 Å². The molecule has 0 saturated heterocycles. The van der Waals surface area contributed by atoms with Gasteiger partial charge in [0.15, 0.2) is 11.5 Å². The molecule has 1 aromatic carbocycles. The molecule has 0 spiro atoms. The third-order valence-corrected chi connectivity index (χ3v) is 3.25. The number of esters is 1. The number of halogens is 1. The smallest absolute Gasteiger partial charge is 0.336 e. The number of carbonyl (C=O) groups is 1. The van der Waals surface area contributed by atoms with Crippen LogP contribution in [0.5, 0.6) is 11.5 Å². The van der Waals surface area contributed by atoms with Gasteiger partial charge in [0.05, 0.1) is 12.7 Å². The molecule has 2 rings (SSSR count). The molecule has 6 heteroatoms. The number of ether oxygens (including phenoxy) is 3. The lowest BCUT2D eigenvalue weighted by Crippen LogP contribution is -2.12. The van der Waals surface area contributed by atoms with Gasteiger partial charge in [-0.15, -0.1) is 0 Å². The van der Waals surface area contributed by atoms with Crippen LogP contribution in [0.15, 0.2) is 28.8 Å². The normalized spacial score (nSPS) is 14.2. The lowest BCUT2D eigenvalue weighted by molar-refractivity contribution is -0.137. The van der Waals surface area contributed by atoms with E-state index in [4.69, 9.17) is 9.47 Å². The van der Waals surface area contributed by atoms with E-state index in [1.54, 1.807) is 12.1 Å². The summed E-state index contributed by atoms with van der Waals surface area (Å²) in [5, 5.41) is 10.1. The van der Waals surface area contributed by atoms with E-state index in [1.165, 1.54) is 7.11 Å². The molecule has 96 valence electrons. The minimum Gasteiger partial charge on any atom is -0.466 e. The van der Waals surface area contributed by atoms with Crippen molar-refractivity contribution in [3.05, 3.63) is 34.3 Å². The van der Waals surface area contributed by atoms with Gasteiger partial charge < -0.3 is 19.3 Å². The number of hydrogen-bond donors (Lipinski definition) is 1. The Kier molecular flexibility index (Phi) is 3.58. The molecular weight excluding hydrogens is 304 g/mol. The third-order valence-electron chi connectivity index (χ3n) is 2.56. The maximum Gasteiger partial charge on any atom is 0.336 e. The molecule has 1 aliphatic rings. The molecule has 1 atom stereocenters. The first-order valence-corrected chi connectivity index (χ1v) is 5.88. The van der Waals surface area contributed by atoms with Crippen molar-refractivity contribution in [2.75, 3.05) is 13.9 Å². The van der Waals surface area contributed by atoms with Gasteiger partial charge in [-0.3, -0.25) is 0 Å². The van der Waals surface area contributed by atoms with Gasteiger partial charge in [0.1, 0.15) is 6.10 Å². The van der Waals surface area contributed by atoms with E-state index in [-0.39, 0.29) is 12.4 Å². The van der Waals surface area contributed by atoms with Gasteiger partial charge in [-0.2, -0.15) is 0 Å². The average Bonchev–Trinajstić information content (AvgIpc) is 2.82. The molecule has 0 fully saturated rings. The lowest BCUT2D eigenvalue weighted by atomic mass is 10.0. The second-order valence-corrected chi connectivity index (χ2v) is 4.50. The summed E-state index contributed by atoms with van der Waals surface area (Å²) in [6, 6.07) is 3.27. The Bertz CT molecular complexity index is 511. The van der Waals surface area contributed by atoms with E-state index in [0.29, 0.717) is 21.5 Å². The second-order valence-electron chi connectivity index (χ2n) is 3.65. The first kappa shape index (κ1) is 12.9. The molecule has 0 saturated carbocycles. The average molecular weight is 315 g/mol. The minimum atomic E-state index is -1.17. The number of benzene rings is 1. The Labute approximate surface area is 112 Å². The fourth-order valence-electron chi connectivity index (χ4n) is 1.57. The summed E-state index contributed by atoms with van der Waals surface area (Å²) in [6.45, 7) is 3.66. The molecule has 0 amide bonds. The predicted molar refractivity (Wildman–Crippen MR) is 66.4 cm³/mol. The van der Waals surface area contributed by atoms with Crippen LogP contribution in [0.1, 0.15) is 11.7 Å². The van der Waals surface area contributed by atoms with Crippen LogP contribution in [0, 0.1) is 0 Å². The predicted octanol–water partition coefficient (Wildman–Crippen LogP) is 1.94. The van der Waals surface area contributed by atoms with Crippen LogP contribution in [-0.2, 0) is 9.53 Å². The minimum absolute atomic E-state index is 0.0444. The Hall–Kier alpha value is -1.53. The zero-order chi connectivity index (χ0) is 13.3. The number of carbonyl (C=O) groups excluding carboxylic acids is 1. The summed E-state index contributed by atoms with van der Waals surface area (Å²) >= 11 is 3.30. The molecule has 1 aromatic rings. The number of aliphatic hydroxyl groups excluding tert-OH is 1. The molecular formula is C12H11BrO5. The molecule has 5 nitrogen and oxygen atoms in total. The standard InChI is InChI=1S/C12H11BrO5/c1-6(12(15)16-2)11(14)7-3-9-10(4-8(7)13)18-5-17-9/h3-4,11,14H,1,5H2,2H3/t11-/m1/s1. The van der Waals surface area contributed by atoms with Gasteiger partial charge >= 0.3 is 5.97 Å². The van der Waals surface area contributed by atoms with Crippen LogP contribution in [0.4, 0.5) is 0 Å². The molecule has 0 aromatic heterocycles. The van der Waals surface area contributed by atoms with Crippen LogP contribution in [0.2, 0.25) is 0 Å². The van der Waals surface area contributed by atoms with Crippen LogP contribution in [0.3, 0.4) is 0 Å². The van der Waals surface area contributed by atoms with E-state index in [9.17, 15) is 9.90 Å². The van der Waals surface area contributed by atoms with E-state index in [2.05, 4.69) is 27.2 Å². The largest absolute Gasteiger partial charge is 0.466 e. The Morgan fingerprint density at radius 1 is 1.50 bits per heavy atom. The van der Waals surface area contributed by atoms with E-state index in [1.807, 2.05) is 0 Å². The molecule has 0 bridgehead atoms. The maximum absolute atomic E-state index is 11.3. The van der Waals surface area contributed by atoms with Crippen LogP contribution < -0.4 is 9.47 Å². The molecule has 0 aliphatic carbocycles. The van der Waals surface area contributed by atoms with Crippen LogP contribution in [-0.4, -0.2) is 25.0 Å². The molecule has 18 heavy (non-hydrogen) atoms. The summed E-state index contributed by atoms with van der Waals surface area (Å²) < 4.78 is 15.5. The van der Waals surface area contributed by atoms with Crippen molar-refractivity contribution in [2.45, 2.75) is 6.10 Å². The van der Waals surface area contributed by atoms with Gasteiger partial charge in [0.25, 0.3) is 0 Å². The van der Waals surface area contributed by atoms with Crippen molar-refractivity contribution < 1.29 is 24.1 Å². The highest BCUT2D eigenvalue weighted by Gasteiger charge is 2.24. The van der Waals surface area contributed by atoms with Crippen molar-refractivity contribution in [2.24, 2.45) is 0 Å². The van der Waals surface area contributed by atoms with Crippen molar-refractivity contribution in [3.63, 3.8) is 0 Å². The second kappa shape index (κ2) is 4.99. The Balaban J connectivity index is 2.33. The van der Waals surface area contributed by atoms with Gasteiger partial charge in [-0.05, 0) is 12.1 Å². The number of rotatable bonds is 3. The summed E-state index contributed by atoms with van der Waals surface area (Å²) in [6.07, 6.45) is -1.17. The van der Waals surface area contributed by atoms with Gasteiger partial charge in [0.2, 0.25) is 6.79 Å². The molecule has 0 unspecified atom stereocenters. The van der Waals surface area contributed by atoms with E-state index >= 15 is 0 Å². The Morgan fingerprint density at radius 2 is 2.11 bits per heavy atom. The zero-order valence-electron chi connectivity index (χ0n) is 9.60. The third kappa shape index (κ3) is 2.21. The zero-order valence-corrected chi connectivity index (χ0v) is 11.2. The van der Waals surface area contributed by atoms with Gasteiger partial charge in [-0.25, -0.2) is 4.79 Å². The first-order valence-electron chi connectivity index (χ1n) is 5.08. The lowest BCUT2D eigenvalue weighted by Gasteiger charge is -2.14. The molecule has 1 aliphatic heterocycles. The summed E-state index contributed by atoms with van der Waals surface area (Å²) in [5.74, 6) is 0.443. The Morgan fingerprint density at radius 3 is 2.72 bits per heavy atom. The maximum atomic E-state index is 11.3. The quantitative estimate of drug-likeness (QED) is 0.682. The van der Waals surface area contributed by atoms with Crippen molar-refractivity contribution in [3.8, 4) is 11.5 Å². The topological polar surface area (TPSA) is 65.0 Å². The number of hydrogen-bond acceptors (Lipinski definition) is 5. The van der Waals surface area contributed by atoms with Gasteiger partial charge in [0, 0.05) is 10.0 Å². The highest BCUT2D eigenvalue weighted by atomic mass is 79.9. The molecule has 1 heterocycles. The fraction of sp³-hybridized carbons (Fsp3) is 0.250. The van der Waals surface area contributed by atoms with E-state index in [0.717, 1.165) is 0 Å². The highest BCUT2D eigenvalue weighted by Crippen LogP contribution is 2.40. The first-order chi connectivity index (χ1) is 8.54. The van der Waals surface area contributed by atoms with Crippen molar-refractivity contribution in [1.82, 2.24) is 0 Å². The fourth-order valence-corrected chi connectivity index (χ4v) is 2.11. The number of methoxy groups -OCH3 is 1. The SMILES string of the molecule is C=C(C(=O)OC)[C@@H](O)c1cc2c(cc1Br)OCO2.